The minimum atomic E-state index is -4.34. The number of carbonyl (C=O) groups is 1. The van der Waals surface area contributed by atoms with Crippen LogP contribution in [0.5, 0.6) is 0 Å². The molecule has 130 valence electrons. The van der Waals surface area contributed by atoms with Crippen molar-refractivity contribution in [3.05, 3.63) is 58.2 Å². The number of aromatic amines is 1. The lowest BCUT2D eigenvalue weighted by atomic mass is 10.1. The molecular formula is C15H9BrF2N2O4S. The summed E-state index contributed by atoms with van der Waals surface area (Å²) in [5.74, 6) is -3.29. The molecule has 6 nitrogen and oxygen atoms in total. The van der Waals surface area contributed by atoms with E-state index in [0.29, 0.717) is 17.0 Å². The molecule has 1 heterocycles. The highest BCUT2D eigenvalue weighted by molar-refractivity contribution is 9.10. The van der Waals surface area contributed by atoms with Gasteiger partial charge in [0.1, 0.15) is 16.5 Å². The normalized spacial score (nSPS) is 11.6. The third-order valence-corrected chi connectivity index (χ3v) is 5.74. The molecule has 3 rings (SSSR count). The predicted octanol–water partition coefficient (Wildman–Crippen LogP) is 3.71. The number of sulfonamides is 1. The minimum Gasteiger partial charge on any atom is -0.478 e. The molecule has 0 aliphatic carbocycles. The van der Waals surface area contributed by atoms with E-state index in [4.69, 9.17) is 5.11 Å². The maximum absolute atomic E-state index is 13.9. The zero-order valence-corrected chi connectivity index (χ0v) is 14.6. The fourth-order valence-electron chi connectivity index (χ4n) is 2.36. The van der Waals surface area contributed by atoms with Gasteiger partial charge in [-0.25, -0.2) is 22.0 Å². The van der Waals surface area contributed by atoms with Gasteiger partial charge in [-0.15, -0.1) is 0 Å². The van der Waals surface area contributed by atoms with Crippen LogP contribution in [0.25, 0.3) is 10.9 Å². The number of H-pyrrole nitrogens is 1. The second kappa shape index (κ2) is 6.12. The topological polar surface area (TPSA) is 99.3 Å². The van der Waals surface area contributed by atoms with Crippen molar-refractivity contribution in [1.29, 1.82) is 0 Å². The molecule has 3 N–H and O–H groups in total. The van der Waals surface area contributed by atoms with Crippen LogP contribution < -0.4 is 4.72 Å². The molecule has 10 heteroatoms. The van der Waals surface area contributed by atoms with Gasteiger partial charge in [0.2, 0.25) is 0 Å². The summed E-state index contributed by atoms with van der Waals surface area (Å²) in [7, 11) is -4.34. The molecule has 0 saturated carbocycles. The summed E-state index contributed by atoms with van der Waals surface area (Å²) in [5, 5.41) is 9.44. The molecule has 0 aliphatic heterocycles. The predicted molar refractivity (Wildman–Crippen MR) is 90.1 cm³/mol. The van der Waals surface area contributed by atoms with Gasteiger partial charge in [0.15, 0.2) is 0 Å². The zero-order chi connectivity index (χ0) is 18.4. The van der Waals surface area contributed by atoms with Crippen molar-refractivity contribution in [3.63, 3.8) is 0 Å². The summed E-state index contributed by atoms with van der Waals surface area (Å²) in [5.41, 5.74) is 0.509. The van der Waals surface area contributed by atoms with Crippen molar-refractivity contribution >= 4 is 48.5 Å². The lowest BCUT2D eigenvalue weighted by Crippen LogP contribution is -2.15. The molecule has 0 fully saturated rings. The number of aromatic nitrogens is 1. The lowest BCUT2D eigenvalue weighted by Gasteiger charge is -2.11. The van der Waals surface area contributed by atoms with E-state index in [2.05, 4.69) is 25.6 Å². The van der Waals surface area contributed by atoms with Crippen LogP contribution in [0.1, 0.15) is 10.4 Å². The average molecular weight is 431 g/mol. The average Bonchev–Trinajstić information content (AvgIpc) is 2.88. The summed E-state index contributed by atoms with van der Waals surface area (Å²) in [6.45, 7) is 0. The summed E-state index contributed by atoms with van der Waals surface area (Å²) >= 11 is 2.84. The first-order valence-electron chi connectivity index (χ1n) is 6.71. The van der Waals surface area contributed by atoms with Gasteiger partial charge in [0.05, 0.1) is 11.3 Å². The third-order valence-electron chi connectivity index (χ3n) is 3.40. The number of halogens is 3. The van der Waals surface area contributed by atoms with E-state index >= 15 is 0 Å². The summed E-state index contributed by atoms with van der Waals surface area (Å²) in [4.78, 5) is 13.1. The number of hydrogen-bond acceptors (Lipinski definition) is 3. The fourth-order valence-corrected chi connectivity index (χ4v) is 4.58. The first-order chi connectivity index (χ1) is 11.7. The molecule has 0 saturated heterocycles. The van der Waals surface area contributed by atoms with Gasteiger partial charge in [-0.2, -0.15) is 0 Å². The first-order valence-corrected chi connectivity index (χ1v) is 8.98. The number of fused-ring (bicyclic) bond motifs is 1. The van der Waals surface area contributed by atoms with Crippen LogP contribution in [-0.2, 0) is 10.0 Å². The Balaban J connectivity index is 2.02. The van der Waals surface area contributed by atoms with Crippen molar-refractivity contribution in [3.8, 4) is 0 Å². The Hall–Kier alpha value is -2.46. The molecule has 25 heavy (non-hydrogen) atoms. The molecule has 0 atom stereocenters. The van der Waals surface area contributed by atoms with E-state index in [-0.39, 0.29) is 15.7 Å². The van der Waals surface area contributed by atoms with Crippen molar-refractivity contribution in [2.24, 2.45) is 0 Å². The van der Waals surface area contributed by atoms with Crippen LogP contribution in [0.15, 0.2) is 45.9 Å². The van der Waals surface area contributed by atoms with Crippen LogP contribution >= 0.6 is 15.9 Å². The molecule has 1 aromatic heterocycles. The number of rotatable bonds is 4. The molecule has 3 aromatic rings. The van der Waals surface area contributed by atoms with Gasteiger partial charge in [-0.05, 0) is 40.2 Å². The van der Waals surface area contributed by atoms with Crippen LogP contribution in [0, 0.1) is 11.6 Å². The lowest BCUT2D eigenvalue weighted by molar-refractivity contribution is 0.0699. The smallest absolute Gasteiger partial charge is 0.337 e. The van der Waals surface area contributed by atoms with E-state index in [1.165, 1.54) is 24.4 Å². The Labute approximate surface area is 148 Å². The molecule has 2 aromatic carbocycles. The van der Waals surface area contributed by atoms with Crippen molar-refractivity contribution in [2.45, 2.75) is 4.90 Å². The maximum atomic E-state index is 13.9. The van der Waals surface area contributed by atoms with Crippen LogP contribution in [0.3, 0.4) is 0 Å². The largest absolute Gasteiger partial charge is 0.478 e. The Morgan fingerprint density at radius 1 is 1.20 bits per heavy atom. The fraction of sp³-hybridized carbons (Fsp3) is 0. The highest BCUT2D eigenvalue weighted by Crippen LogP contribution is 2.29. The Morgan fingerprint density at radius 2 is 1.92 bits per heavy atom. The second-order valence-corrected chi connectivity index (χ2v) is 7.55. The van der Waals surface area contributed by atoms with E-state index in [9.17, 15) is 22.0 Å². The number of anilines is 1. The minimum absolute atomic E-state index is 0.0386. The van der Waals surface area contributed by atoms with Gasteiger partial charge in [-0.3, -0.25) is 4.72 Å². The van der Waals surface area contributed by atoms with E-state index in [0.717, 1.165) is 6.07 Å². The summed E-state index contributed by atoms with van der Waals surface area (Å²) < 4.78 is 53.7. The number of aromatic carboxylic acids is 1. The quantitative estimate of drug-likeness (QED) is 0.587. The van der Waals surface area contributed by atoms with Gasteiger partial charge in [0.25, 0.3) is 10.0 Å². The van der Waals surface area contributed by atoms with Gasteiger partial charge in [-0.1, -0.05) is 0 Å². The SMILES string of the molecule is O=C(O)c1c[nH]c2cc(NS(=O)(=O)c3c(F)cc(F)cc3Br)ccc12. The van der Waals surface area contributed by atoms with Crippen molar-refractivity contribution < 1.29 is 27.1 Å². The molecule has 0 bridgehead atoms. The Bertz CT molecular complexity index is 1090. The van der Waals surface area contributed by atoms with E-state index in [1.807, 2.05) is 0 Å². The molecule has 0 radical (unpaired) electrons. The number of nitrogens with one attached hydrogen (secondary N) is 2. The second-order valence-electron chi connectivity index (χ2n) is 5.07. The van der Waals surface area contributed by atoms with E-state index < -0.39 is 32.5 Å². The zero-order valence-electron chi connectivity index (χ0n) is 12.2. The summed E-state index contributed by atoms with van der Waals surface area (Å²) in [6, 6.07) is 5.44. The highest BCUT2D eigenvalue weighted by Gasteiger charge is 2.24. The van der Waals surface area contributed by atoms with E-state index in [1.54, 1.807) is 0 Å². The van der Waals surface area contributed by atoms with Crippen molar-refractivity contribution in [2.75, 3.05) is 4.72 Å². The Morgan fingerprint density at radius 3 is 2.56 bits per heavy atom. The molecule has 0 spiro atoms. The number of hydrogen-bond donors (Lipinski definition) is 3. The van der Waals surface area contributed by atoms with Gasteiger partial charge >= 0.3 is 5.97 Å². The summed E-state index contributed by atoms with van der Waals surface area (Å²) in [6.07, 6.45) is 1.28. The van der Waals surface area contributed by atoms with Gasteiger partial charge < -0.3 is 10.1 Å². The number of benzene rings is 2. The molecule has 0 amide bonds. The van der Waals surface area contributed by atoms with Crippen LogP contribution in [-0.4, -0.2) is 24.5 Å². The molecule has 0 aliphatic rings. The number of carboxylic acid groups (broad SMARTS) is 1. The number of carboxylic acids is 1. The molecular weight excluding hydrogens is 422 g/mol. The standard InChI is InChI=1S/C15H9BrF2N2O4S/c16-11-3-7(17)4-12(18)14(11)25(23,24)20-8-1-2-9-10(15(21)22)6-19-13(9)5-8/h1-6,19-20H,(H,21,22). The first kappa shape index (κ1) is 17.4. The van der Waals surface area contributed by atoms with Crippen molar-refractivity contribution in [1.82, 2.24) is 4.98 Å². The maximum Gasteiger partial charge on any atom is 0.337 e. The van der Waals surface area contributed by atoms with Gasteiger partial charge in [0, 0.05) is 27.6 Å². The Kier molecular flexibility index (Phi) is 4.25. The molecule has 0 unspecified atom stereocenters. The third kappa shape index (κ3) is 3.22. The monoisotopic (exact) mass is 430 g/mol. The van der Waals surface area contributed by atoms with Crippen LogP contribution in [0.4, 0.5) is 14.5 Å². The highest BCUT2D eigenvalue weighted by atomic mass is 79.9. The van der Waals surface area contributed by atoms with Crippen LogP contribution in [0.2, 0.25) is 0 Å².